The Labute approximate surface area is 105 Å². The molecule has 1 aliphatic heterocycles. The third-order valence-corrected chi connectivity index (χ3v) is 2.46. The van der Waals surface area contributed by atoms with Gasteiger partial charge in [0.15, 0.2) is 0 Å². The number of nitrogens with zero attached hydrogens (tertiary/aromatic N) is 1. The number of hydrogen-bond acceptors (Lipinski definition) is 2. The lowest BCUT2D eigenvalue weighted by molar-refractivity contribution is 0.279. The van der Waals surface area contributed by atoms with Crippen molar-refractivity contribution in [1.82, 2.24) is 0 Å². The van der Waals surface area contributed by atoms with Crippen molar-refractivity contribution in [3.63, 3.8) is 0 Å². The van der Waals surface area contributed by atoms with Crippen LogP contribution in [0.2, 0.25) is 5.02 Å². The Bertz CT molecular complexity index is 412. The highest BCUT2D eigenvalue weighted by Crippen LogP contribution is 2.26. The van der Waals surface area contributed by atoms with Crippen LogP contribution in [0.3, 0.4) is 0 Å². The van der Waals surface area contributed by atoms with Crippen LogP contribution in [0.1, 0.15) is 19.4 Å². The van der Waals surface area contributed by atoms with Gasteiger partial charge in [-0.2, -0.15) is 0 Å². The summed E-state index contributed by atoms with van der Waals surface area (Å²) in [6, 6.07) is 4.53. The Morgan fingerprint density at radius 2 is 2.12 bits per heavy atom. The zero-order valence-corrected chi connectivity index (χ0v) is 10.5. The van der Waals surface area contributed by atoms with Crippen molar-refractivity contribution in [2.45, 2.75) is 19.4 Å². The van der Waals surface area contributed by atoms with Crippen LogP contribution in [0.5, 0.6) is 0 Å². The third-order valence-electron chi connectivity index (χ3n) is 2.14. The summed E-state index contributed by atoms with van der Waals surface area (Å²) in [6.45, 7) is 4.30. The van der Waals surface area contributed by atoms with E-state index in [0.29, 0.717) is 17.5 Å². The van der Waals surface area contributed by atoms with Gasteiger partial charge in [-0.15, -0.1) is 12.4 Å². The van der Waals surface area contributed by atoms with E-state index in [-0.39, 0.29) is 23.5 Å². The standard InChI is InChI=1S/C11H11ClFNO.ClH/c1-11(2)6-15-10(14-11)9-7(12)4-3-5-8(9)13;/h3-5H,6H2,1-2H3;1H. The fourth-order valence-electron chi connectivity index (χ4n) is 1.41. The molecule has 0 fully saturated rings. The van der Waals surface area contributed by atoms with Gasteiger partial charge < -0.3 is 4.74 Å². The van der Waals surface area contributed by atoms with Gasteiger partial charge in [-0.25, -0.2) is 9.38 Å². The van der Waals surface area contributed by atoms with Crippen LogP contribution in [0.15, 0.2) is 23.2 Å². The third kappa shape index (κ3) is 2.47. The molecule has 0 radical (unpaired) electrons. The smallest absolute Gasteiger partial charge is 0.221 e. The molecular weight excluding hydrogens is 252 g/mol. The predicted molar refractivity (Wildman–Crippen MR) is 65.2 cm³/mol. The van der Waals surface area contributed by atoms with Gasteiger partial charge in [0.25, 0.3) is 0 Å². The monoisotopic (exact) mass is 263 g/mol. The van der Waals surface area contributed by atoms with E-state index in [9.17, 15) is 4.39 Å². The average molecular weight is 264 g/mol. The molecule has 0 aliphatic carbocycles. The highest BCUT2D eigenvalue weighted by Gasteiger charge is 2.29. The largest absolute Gasteiger partial charge is 0.475 e. The summed E-state index contributed by atoms with van der Waals surface area (Å²) in [5.41, 5.74) is -0.0502. The van der Waals surface area contributed by atoms with Gasteiger partial charge in [0.2, 0.25) is 5.90 Å². The Balaban J connectivity index is 0.00000128. The first kappa shape index (κ1) is 13.3. The predicted octanol–water partition coefficient (Wildman–Crippen LogP) is 3.46. The minimum Gasteiger partial charge on any atom is -0.475 e. The van der Waals surface area contributed by atoms with E-state index in [1.54, 1.807) is 12.1 Å². The van der Waals surface area contributed by atoms with Crippen LogP contribution in [-0.2, 0) is 4.74 Å². The van der Waals surface area contributed by atoms with E-state index >= 15 is 0 Å². The number of halogens is 3. The van der Waals surface area contributed by atoms with Crippen molar-refractivity contribution in [3.8, 4) is 0 Å². The van der Waals surface area contributed by atoms with E-state index in [0.717, 1.165) is 0 Å². The fraction of sp³-hybridized carbons (Fsp3) is 0.364. The summed E-state index contributed by atoms with van der Waals surface area (Å²) in [6.07, 6.45) is 0. The summed E-state index contributed by atoms with van der Waals surface area (Å²) in [5, 5.41) is 0.325. The number of hydrogen-bond donors (Lipinski definition) is 0. The molecule has 0 N–H and O–H groups in total. The molecule has 1 heterocycles. The topological polar surface area (TPSA) is 21.6 Å². The van der Waals surface area contributed by atoms with Crippen molar-refractivity contribution in [2.24, 2.45) is 4.99 Å². The molecule has 2 nitrogen and oxygen atoms in total. The summed E-state index contributed by atoms with van der Waals surface area (Å²) in [4.78, 5) is 4.28. The molecule has 1 aromatic rings. The Hall–Kier alpha value is -0.800. The summed E-state index contributed by atoms with van der Waals surface area (Å²) in [7, 11) is 0. The molecule has 0 amide bonds. The van der Waals surface area contributed by atoms with Gasteiger partial charge in [0.1, 0.15) is 12.4 Å². The maximum absolute atomic E-state index is 13.5. The molecule has 0 saturated heterocycles. The van der Waals surface area contributed by atoms with Crippen LogP contribution >= 0.6 is 24.0 Å². The number of ether oxygens (including phenoxy) is 1. The normalized spacial score (nSPS) is 17.4. The Morgan fingerprint density at radius 1 is 1.44 bits per heavy atom. The minimum absolute atomic E-state index is 0. The molecule has 0 aromatic heterocycles. The first-order valence-corrected chi connectivity index (χ1v) is 5.04. The second-order valence-electron chi connectivity index (χ2n) is 4.11. The van der Waals surface area contributed by atoms with Gasteiger partial charge >= 0.3 is 0 Å². The van der Waals surface area contributed by atoms with Gasteiger partial charge in [0, 0.05) is 0 Å². The lowest BCUT2D eigenvalue weighted by Gasteiger charge is -2.07. The molecular formula is C11H12Cl2FNO. The molecule has 0 saturated carbocycles. The molecule has 88 valence electrons. The van der Waals surface area contributed by atoms with Crippen molar-refractivity contribution in [3.05, 3.63) is 34.6 Å². The van der Waals surface area contributed by atoms with E-state index in [1.165, 1.54) is 6.07 Å². The van der Waals surface area contributed by atoms with E-state index in [2.05, 4.69) is 4.99 Å². The summed E-state index contributed by atoms with van der Waals surface area (Å²) >= 11 is 5.90. The quantitative estimate of drug-likeness (QED) is 0.761. The van der Waals surface area contributed by atoms with E-state index < -0.39 is 5.82 Å². The Kier molecular flexibility index (Phi) is 3.81. The summed E-state index contributed by atoms with van der Waals surface area (Å²) < 4.78 is 18.9. The molecule has 1 aliphatic rings. The molecule has 0 bridgehead atoms. The molecule has 0 atom stereocenters. The van der Waals surface area contributed by atoms with Crippen LogP contribution < -0.4 is 0 Å². The summed E-state index contributed by atoms with van der Waals surface area (Å²) in [5.74, 6) is -0.109. The maximum atomic E-state index is 13.5. The molecule has 0 spiro atoms. The fourth-order valence-corrected chi connectivity index (χ4v) is 1.66. The lowest BCUT2D eigenvalue weighted by atomic mass is 10.1. The average Bonchev–Trinajstić information content (AvgIpc) is 2.46. The van der Waals surface area contributed by atoms with Crippen molar-refractivity contribution in [1.29, 1.82) is 0 Å². The zero-order valence-electron chi connectivity index (χ0n) is 8.96. The molecule has 0 unspecified atom stereocenters. The second-order valence-corrected chi connectivity index (χ2v) is 4.52. The highest BCUT2D eigenvalue weighted by atomic mass is 35.5. The molecule has 1 aromatic carbocycles. The van der Waals surface area contributed by atoms with Crippen molar-refractivity contribution in [2.75, 3.05) is 6.61 Å². The first-order valence-electron chi connectivity index (χ1n) is 4.67. The van der Waals surface area contributed by atoms with Gasteiger partial charge in [0.05, 0.1) is 16.1 Å². The van der Waals surface area contributed by atoms with Gasteiger partial charge in [-0.1, -0.05) is 17.7 Å². The number of benzene rings is 1. The maximum Gasteiger partial charge on any atom is 0.221 e. The molecule has 5 heteroatoms. The van der Waals surface area contributed by atoms with Crippen molar-refractivity contribution < 1.29 is 9.13 Å². The Morgan fingerprint density at radius 3 is 2.62 bits per heavy atom. The zero-order chi connectivity index (χ0) is 11.1. The van der Waals surface area contributed by atoms with Gasteiger partial charge in [-0.3, -0.25) is 0 Å². The van der Waals surface area contributed by atoms with Crippen molar-refractivity contribution >= 4 is 29.9 Å². The molecule has 2 rings (SSSR count). The van der Waals surface area contributed by atoms with Crippen LogP contribution in [-0.4, -0.2) is 18.0 Å². The van der Waals surface area contributed by atoms with Crippen LogP contribution in [0.4, 0.5) is 4.39 Å². The van der Waals surface area contributed by atoms with E-state index in [4.69, 9.17) is 16.3 Å². The second kappa shape index (κ2) is 4.60. The SMILES string of the molecule is CC1(C)COC(c2c(F)cccc2Cl)=N1.Cl. The van der Waals surface area contributed by atoms with Gasteiger partial charge in [-0.05, 0) is 26.0 Å². The molecule has 16 heavy (non-hydrogen) atoms. The highest BCUT2D eigenvalue weighted by molar-refractivity contribution is 6.33. The minimum atomic E-state index is -0.404. The number of aliphatic imine (C=N–C) groups is 1. The van der Waals surface area contributed by atoms with E-state index in [1.807, 2.05) is 13.8 Å². The lowest BCUT2D eigenvalue weighted by Crippen LogP contribution is -2.17. The van der Waals surface area contributed by atoms with Crippen LogP contribution in [0, 0.1) is 5.82 Å². The first-order chi connectivity index (χ1) is 6.99. The number of rotatable bonds is 1. The van der Waals surface area contributed by atoms with Crippen LogP contribution in [0.25, 0.3) is 0 Å².